The van der Waals surface area contributed by atoms with Crippen molar-refractivity contribution in [2.24, 2.45) is 0 Å². The summed E-state index contributed by atoms with van der Waals surface area (Å²) in [6, 6.07) is 0. The predicted molar refractivity (Wildman–Crippen MR) is 41.9 cm³/mol. The number of rotatable bonds is 0. The van der Waals surface area contributed by atoms with E-state index >= 15 is 0 Å². The van der Waals surface area contributed by atoms with Crippen molar-refractivity contribution >= 4 is 15.9 Å². The normalized spacial score (nSPS) is 12.0. The van der Waals surface area contributed by atoms with E-state index in [-0.39, 0.29) is 5.41 Å². The Morgan fingerprint density at radius 3 is 2.27 bits per heavy atom. The Labute approximate surface area is 72.9 Å². The van der Waals surface area contributed by atoms with Crippen LogP contribution in [0.1, 0.15) is 26.5 Å². The fourth-order valence-electron chi connectivity index (χ4n) is 0.684. The smallest absolute Gasteiger partial charge is 0.264 e. The number of aromatic nitrogens is 2. The molecule has 1 rings (SSSR count). The summed E-state index contributed by atoms with van der Waals surface area (Å²) in [4.78, 5) is 0.348. The van der Waals surface area contributed by atoms with Crippen molar-refractivity contribution in [3.8, 4) is 0 Å². The van der Waals surface area contributed by atoms with Gasteiger partial charge in [-0.2, -0.15) is 0 Å². The minimum atomic E-state index is -0.169. The van der Waals surface area contributed by atoms with E-state index < -0.39 is 0 Å². The van der Waals surface area contributed by atoms with Crippen LogP contribution in [0.25, 0.3) is 0 Å². The third kappa shape index (κ3) is 1.53. The zero-order chi connectivity index (χ0) is 8.65. The van der Waals surface area contributed by atoms with Gasteiger partial charge >= 0.3 is 0 Å². The summed E-state index contributed by atoms with van der Waals surface area (Å²) >= 11 is 3.08. The highest BCUT2D eigenvalue weighted by atomic mass is 79.9. The average Bonchev–Trinajstić information content (AvgIpc) is 2.11. The van der Waals surface area contributed by atoms with Crippen LogP contribution in [-0.2, 0) is 5.41 Å². The lowest BCUT2D eigenvalue weighted by Crippen LogP contribution is -2.25. The third-order valence-corrected chi connectivity index (χ3v) is 1.94. The Hall–Kier alpha value is -0.580. The topological polar surface area (TPSA) is 53.0 Å². The van der Waals surface area contributed by atoms with Gasteiger partial charge in [0.2, 0.25) is 5.69 Å². The van der Waals surface area contributed by atoms with Gasteiger partial charge in [0.25, 0.3) is 4.60 Å². The summed E-state index contributed by atoms with van der Waals surface area (Å²) in [5.41, 5.74) is 0.463. The second-order valence-corrected chi connectivity index (χ2v) is 4.07. The molecule has 1 heterocycles. The summed E-state index contributed by atoms with van der Waals surface area (Å²) in [5.74, 6) is 0. The first kappa shape index (κ1) is 8.52. The molecule has 1 aromatic heterocycles. The van der Waals surface area contributed by atoms with Crippen molar-refractivity contribution in [2.45, 2.75) is 26.2 Å². The molecule has 0 aliphatic carbocycles. The molecule has 0 bridgehead atoms. The Morgan fingerprint density at radius 2 is 2.09 bits per heavy atom. The molecule has 0 amide bonds. The molecule has 0 aliphatic heterocycles. The highest BCUT2D eigenvalue weighted by Gasteiger charge is 2.28. The minimum absolute atomic E-state index is 0.169. The van der Waals surface area contributed by atoms with Crippen LogP contribution in [-0.4, -0.2) is 5.16 Å². The molecule has 0 unspecified atom stereocenters. The zero-order valence-corrected chi connectivity index (χ0v) is 8.17. The van der Waals surface area contributed by atoms with Crippen molar-refractivity contribution in [3.05, 3.63) is 15.5 Å². The molecule has 11 heavy (non-hydrogen) atoms. The molecular weight excluding hydrogens is 212 g/mol. The molecule has 4 nitrogen and oxygen atoms in total. The monoisotopic (exact) mass is 220 g/mol. The molecule has 0 aliphatic rings. The second-order valence-electron chi connectivity index (χ2n) is 3.32. The van der Waals surface area contributed by atoms with Crippen molar-refractivity contribution in [3.63, 3.8) is 0 Å². The van der Waals surface area contributed by atoms with E-state index in [1.165, 1.54) is 0 Å². The summed E-state index contributed by atoms with van der Waals surface area (Å²) in [6.45, 7) is 5.86. The molecular formula is C6H9BrN2O2. The quantitative estimate of drug-likeness (QED) is 0.621. The number of halogens is 1. The van der Waals surface area contributed by atoms with Crippen molar-refractivity contribution in [1.82, 2.24) is 5.16 Å². The molecule has 0 aromatic carbocycles. The standard InChI is InChI=1S/C6H9BrN2O2/c1-6(2,3)4-5(7)9(10)11-8-4/h1-3H3. The van der Waals surface area contributed by atoms with E-state index in [0.717, 1.165) is 0 Å². The average molecular weight is 221 g/mol. The van der Waals surface area contributed by atoms with Crippen LogP contribution < -0.4 is 4.90 Å². The largest absolute Gasteiger partial charge is 0.359 e. The molecule has 0 atom stereocenters. The number of nitrogens with zero attached hydrogens (tertiary/aromatic N) is 2. The van der Waals surface area contributed by atoms with Crippen LogP contribution in [0.3, 0.4) is 0 Å². The minimum Gasteiger partial charge on any atom is -0.359 e. The highest BCUT2D eigenvalue weighted by molar-refractivity contribution is 9.10. The Morgan fingerprint density at radius 1 is 1.55 bits per heavy atom. The molecule has 5 heteroatoms. The van der Waals surface area contributed by atoms with Crippen LogP contribution in [0, 0.1) is 5.21 Å². The van der Waals surface area contributed by atoms with Gasteiger partial charge in [-0.1, -0.05) is 20.8 Å². The molecule has 1 aromatic rings. The maximum atomic E-state index is 10.7. The first-order valence-corrected chi connectivity index (χ1v) is 3.98. The summed E-state index contributed by atoms with van der Waals surface area (Å²) in [6.07, 6.45) is 0. The SMILES string of the molecule is CC(C)(C)c1no[n+]([O-])c1Br. The van der Waals surface area contributed by atoms with Gasteiger partial charge in [-0.25, -0.2) is 0 Å². The summed E-state index contributed by atoms with van der Waals surface area (Å²) in [7, 11) is 0. The summed E-state index contributed by atoms with van der Waals surface area (Å²) in [5, 5.41) is 14.3. The molecule has 0 N–H and O–H groups in total. The van der Waals surface area contributed by atoms with E-state index in [0.29, 0.717) is 15.2 Å². The van der Waals surface area contributed by atoms with Crippen LogP contribution in [0.2, 0.25) is 0 Å². The van der Waals surface area contributed by atoms with E-state index in [1.54, 1.807) is 0 Å². The number of hydrogen-bond acceptors (Lipinski definition) is 3. The van der Waals surface area contributed by atoms with Gasteiger partial charge < -0.3 is 5.21 Å². The molecule has 0 saturated heterocycles. The lowest BCUT2D eigenvalue weighted by Gasteiger charge is -2.09. The lowest BCUT2D eigenvalue weighted by molar-refractivity contribution is -0.811. The first-order chi connectivity index (χ1) is 4.93. The molecule has 0 fully saturated rings. The van der Waals surface area contributed by atoms with E-state index in [9.17, 15) is 5.21 Å². The molecule has 0 saturated carbocycles. The maximum absolute atomic E-state index is 10.7. The molecule has 0 spiro atoms. The predicted octanol–water partition coefficient (Wildman–Crippen LogP) is 1.37. The van der Waals surface area contributed by atoms with Crippen molar-refractivity contribution < 1.29 is 9.53 Å². The third-order valence-electron chi connectivity index (χ3n) is 1.27. The molecule has 62 valence electrons. The Balaban J connectivity index is 3.15. The Kier molecular flexibility index (Phi) is 1.92. The number of hydrogen-bond donors (Lipinski definition) is 0. The van der Waals surface area contributed by atoms with Gasteiger partial charge in [-0.15, -0.1) is 0 Å². The van der Waals surface area contributed by atoms with Gasteiger partial charge in [0.15, 0.2) is 0 Å². The fourth-order valence-corrected chi connectivity index (χ4v) is 1.42. The van der Waals surface area contributed by atoms with Gasteiger partial charge in [-0.3, -0.25) is 4.63 Å². The van der Waals surface area contributed by atoms with Crippen molar-refractivity contribution in [1.29, 1.82) is 0 Å². The van der Waals surface area contributed by atoms with Gasteiger partial charge in [-0.05, 0) is 4.90 Å². The van der Waals surface area contributed by atoms with E-state index in [2.05, 4.69) is 25.7 Å². The van der Waals surface area contributed by atoms with Crippen LogP contribution in [0.15, 0.2) is 9.23 Å². The van der Waals surface area contributed by atoms with Crippen LogP contribution >= 0.6 is 15.9 Å². The van der Waals surface area contributed by atoms with Gasteiger partial charge in [0.05, 0.1) is 0 Å². The van der Waals surface area contributed by atoms with Gasteiger partial charge in [0.1, 0.15) is 0 Å². The maximum Gasteiger partial charge on any atom is 0.264 e. The highest BCUT2D eigenvalue weighted by Crippen LogP contribution is 2.24. The van der Waals surface area contributed by atoms with Crippen molar-refractivity contribution in [2.75, 3.05) is 0 Å². The molecule has 0 radical (unpaired) electrons. The first-order valence-electron chi connectivity index (χ1n) is 3.18. The lowest BCUT2D eigenvalue weighted by atomic mass is 9.93. The van der Waals surface area contributed by atoms with Crippen LogP contribution in [0.4, 0.5) is 0 Å². The Bertz CT molecular complexity index is 264. The van der Waals surface area contributed by atoms with E-state index in [1.807, 2.05) is 20.8 Å². The summed E-state index contributed by atoms with van der Waals surface area (Å²) < 4.78 is 4.74. The van der Waals surface area contributed by atoms with Gasteiger partial charge in [0, 0.05) is 26.5 Å². The second kappa shape index (κ2) is 2.48. The fraction of sp³-hybridized carbons (Fsp3) is 0.667. The zero-order valence-electron chi connectivity index (χ0n) is 6.59. The van der Waals surface area contributed by atoms with Crippen LogP contribution in [0.5, 0.6) is 0 Å². The van der Waals surface area contributed by atoms with E-state index in [4.69, 9.17) is 0 Å².